The Labute approximate surface area is 111 Å². The van der Waals surface area contributed by atoms with E-state index in [1.165, 1.54) is 0 Å². The molecule has 6 nitrogen and oxygen atoms in total. The Bertz CT molecular complexity index is 502. The molecule has 1 fully saturated rings. The Morgan fingerprint density at radius 1 is 1.47 bits per heavy atom. The maximum Gasteiger partial charge on any atom is 0.248 e. The molecule has 0 unspecified atom stereocenters. The minimum Gasteiger partial charge on any atom is -0.497 e. The molecule has 1 heterocycles. The van der Waals surface area contributed by atoms with E-state index in [1.54, 1.807) is 19.2 Å². The van der Waals surface area contributed by atoms with Crippen LogP contribution in [0.4, 0.5) is 5.69 Å². The van der Waals surface area contributed by atoms with Crippen molar-refractivity contribution >= 4 is 17.5 Å². The third-order valence-electron chi connectivity index (χ3n) is 2.98. The second-order valence-corrected chi connectivity index (χ2v) is 4.42. The topological polar surface area (TPSA) is 79.5 Å². The van der Waals surface area contributed by atoms with Crippen molar-refractivity contribution in [3.05, 3.63) is 23.8 Å². The number of carbonyl (C=O) groups excluding carboxylic acids is 2. The van der Waals surface area contributed by atoms with Crippen LogP contribution in [0.3, 0.4) is 0 Å². The second kappa shape index (κ2) is 5.71. The highest BCUT2D eigenvalue weighted by Gasteiger charge is 2.24. The Morgan fingerprint density at radius 3 is 2.89 bits per heavy atom. The number of anilines is 1. The zero-order chi connectivity index (χ0) is 13.8. The van der Waals surface area contributed by atoms with Crippen molar-refractivity contribution in [2.75, 3.05) is 25.5 Å². The standard InChI is InChI=1S/C13H17N3O3/c1-8-5-9(19-2)3-4-10(8)16-13(18)11-6-14-7-12(17)15-11/h3-5,11,14H,6-7H2,1-2H3,(H,15,17)(H,16,18)/t11-/m1/s1. The number of methoxy groups -OCH3 is 1. The van der Waals surface area contributed by atoms with Gasteiger partial charge in [0.15, 0.2) is 0 Å². The molecule has 1 aromatic rings. The molecular formula is C13H17N3O3. The van der Waals surface area contributed by atoms with Crippen molar-refractivity contribution in [1.29, 1.82) is 0 Å². The fourth-order valence-corrected chi connectivity index (χ4v) is 1.91. The number of rotatable bonds is 3. The molecule has 3 N–H and O–H groups in total. The van der Waals surface area contributed by atoms with Crippen LogP contribution in [0, 0.1) is 6.92 Å². The molecule has 102 valence electrons. The molecule has 0 radical (unpaired) electrons. The lowest BCUT2D eigenvalue weighted by Crippen LogP contribution is -2.57. The summed E-state index contributed by atoms with van der Waals surface area (Å²) >= 11 is 0. The highest BCUT2D eigenvalue weighted by Crippen LogP contribution is 2.21. The molecule has 1 atom stereocenters. The lowest BCUT2D eigenvalue weighted by atomic mass is 10.1. The van der Waals surface area contributed by atoms with E-state index in [1.807, 2.05) is 13.0 Å². The molecule has 0 saturated carbocycles. The van der Waals surface area contributed by atoms with E-state index >= 15 is 0 Å². The predicted octanol–water partition coefficient (Wildman–Crippen LogP) is 0.0301. The Balaban J connectivity index is 2.04. The van der Waals surface area contributed by atoms with Crippen molar-refractivity contribution in [2.45, 2.75) is 13.0 Å². The number of benzene rings is 1. The van der Waals surface area contributed by atoms with Crippen molar-refractivity contribution in [3.63, 3.8) is 0 Å². The van der Waals surface area contributed by atoms with E-state index in [4.69, 9.17) is 4.74 Å². The number of piperazine rings is 1. The fourth-order valence-electron chi connectivity index (χ4n) is 1.91. The first kappa shape index (κ1) is 13.4. The van der Waals surface area contributed by atoms with E-state index < -0.39 is 6.04 Å². The average molecular weight is 263 g/mol. The van der Waals surface area contributed by atoms with Gasteiger partial charge in [0.25, 0.3) is 0 Å². The van der Waals surface area contributed by atoms with Crippen LogP contribution in [0.2, 0.25) is 0 Å². The number of hydrogen-bond donors (Lipinski definition) is 3. The van der Waals surface area contributed by atoms with Crippen LogP contribution in [-0.4, -0.2) is 38.1 Å². The van der Waals surface area contributed by atoms with E-state index in [2.05, 4.69) is 16.0 Å². The first-order valence-electron chi connectivity index (χ1n) is 6.05. The van der Waals surface area contributed by atoms with Gasteiger partial charge in [0, 0.05) is 12.2 Å². The molecule has 0 spiro atoms. The summed E-state index contributed by atoms with van der Waals surface area (Å²) in [5.74, 6) is 0.342. The van der Waals surface area contributed by atoms with E-state index in [0.29, 0.717) is 12.2 Å². The smallest absolute Gasteiger partial charge is 0.248 e. The number of aryl methyl sites for hydroxylation is 1. The van der Waals surface area contributed by atoms with E-state index in [0.717, 1.165) is 11.3 Å². The van der Waals surface area contributed by atoms with Crippen LogP contribution in [0.15, 0.2) is 18.2 Å². The lowest BCUT2D eigenvalue weighted by molar-refractivity contribution is -0.127. The number of amides is 2. The maximum atomic E-state index is 12.0. The molecule has 0 aliphatic carbocycles. The van der Waals surface area contributed by atoms with Crippen molar-refractivity contribution in [1.82, 2.24) is 10.6 Å². The van der Waals surface area contributed by atoms with Gasteiger partial charge in [0.2, 0.25) is 11.8 Å². The minimum atomic E-state index is -0.539. The first-order chi connectivity index (χ1) is 9.10. The summed E-state index contributed by atoms with van der Waals surface area (Å²) in [7, 11) is 1.59. The predicted molar refractivity (Wildman–Crippen MR) is 71.2 cm³/mol. The monoisotopic (exact) mass is 263 g/mol. The summed E-state index contributed by atoms with van der Waals surface area (Å²) in [6, 6.07) is 4.86. The Kier molecular flexibility index (Phi) is 4.01. The van der Waals surface area contributed by atoms with Crippen LogP contribution in [-0.2, 0) is 9.59 Å². The van der Waals surface area contributed by atoms with Crippen molar-refractivity contribution < 1.29 is 14.3 Å². The van der Waals surface area contributed by atoms with Crippen LogP contribution in [0.5, 0.6) is 5.75 Å². The SMILES string of the molecule is COc1ccc(NC(=O)[C@H]2CNCC(=O)N2)c(C)c1. The zero-order valence-electron chi connectivity index (χ0n) is 10.9. The van der Waals surface area contributed by atoms with Crippen LogP contribution < -0.4 is 20.7 Å². The summed E-state index contributed by atoms with van der Waals surface area (Å²) in [6.07, 6.45) is 0. The first-order valence-corrected chi connectivity index (χ1v) is 6.05. The molecular weight excluding hydrogens is 246 g/mol. The summed E-state index contributed by atoms with van der Waals surface area (Å²) in [4.78, 5) is 23.2. The lowest BCUT2D eigenvalue weighted by Gasteiger charge is -2.23. The van der Waals surface area contributed by atoms with Gasteiger partial charge >= 0.3 is 0 Å². The molecule has 0 aromatic heterocycles. The molecule has 1 aromatic carbocycles. The summed E-state index contributed by atoms with van der Waals surface area (Å²) in [5.41, 5.74) is 1.62. The molecule has 1 aliphatic heterocycles. The highest BCUT2D eigenvalue weighted by atomic mass is 16.5. The average Bonchev–Trinajstić information content (AvgIpc) is 2.41. The second-order valence-electron chi connectivity index (χ2n) is 4.42. The molecule has 1 saturated heterocycles. The van der Waals surface area contributed by atoms with Crippen LogP contribution >= 0.6 is 0 Å². The van der Waals surface area contributed by atoms with Gasteiger partial charge in [-0.05, 0) is 30.7 Å². The summed E-state index contributed by atoms with van der Waals surface area (Å²) < 4.78 is 5.11. The molecule has 0 bridgehead atoms. The minimum absolute atomic E-state index is 0.169. The van der Waals surface area contributed by atoms with Gasteiger partial charge in [-0.1, -0.05) is 0 Å². The maximum absolute atomic E-state index is 12.0. The molecule has 1 aliphatic rings. The van der Waals surface area contributed by atoms with Gasteiger partial charge < -0.3 is 20.7 Å². The fraction of sp³-hybridized carbons (Fsp3) is 0.385. The zero-order valence-corrected chi connectivity index (χ0v) is 10.9. The van der Waals surface area contributed by atoms with Crippen molar-refractivity contribution in [3.8, 4) is 5.75 Å². The summed E-state index contributed by atoms with van der Waals surface area (Å²) in [6.45, 7) is 2.58. The number of hydrogen-bond acceptors (Lipinski definition) is 4. The van der Waals surface area contributed by atoms with Gasteiger partial charge in [-0.3, -0.25) is 9.59 Å². The quantitative estimate of drug-likeness (QED) is 0.719. The number of carbonyl (C=O) groups is 2. The number of nitrogens with one attached hydrogen (secondary N) is 3. The third-order valence-corrected chi connectivity index (χ3v) is 2.98. The third kappa shape index (κ3) is 3.23. The summed E-state index contributed by atoms with van der Waals surface area (Å²) in [5, 5.41) is 8.33. The van der Waals surface area contributed by atoms with Gasteiger partial charge in [0.1, 0.15) is 11.8 Å². The number of ether oxygens (including phenoxy) is 1. The van der Waals surface area contributed by atoms with Crippen LogP contribution in [0.25, 0.3) is 0 Å². The Morgan fingerprint density at radius 2 is 2.26 bits per heavy atom. The molecule has 19 heavy (non-hydrogen) atoms. The van der Waals surface area contributed by atoms with Gasteiger partial charge in [0.05, 0.1) is 13.7 Å². The van der Waals surface area contributed by atoms with Gasteiger partial charge in [-0.2, -0.15) is 0 Å². The molecule has 2 amide bonds. The normalized spacial score (nSPS) is 18.6. The van der Waals surface area contributed by atoms with E-state index in [9.17, 15) is 9.59 Å². The Hall–Kier alpha value is -2.08. The largest absolute Gasteiger partial charge is 0.497 e. The molecule has 6 heteroatoms. The molecule has 2 rings (SSSR count). The van der Waals surface area contributed by atoms with E-state index in [-0.39, 0.29) is 18.4 Å². The van der Waals surface area contributed by atoms with Crippen molar-refractivity contribution in [2.24, 2.45) is 0 Å². The highest BCUT2D eigenvalue weighted by molar-refractivity contribution is 5.98. The van der Waals surface area contributed by atoms with Gasteiger partial charge in [-0.25, -0.2) is 0 Å². The van der Waals surface area contributed by atoms with Gasteiger partial charge in [-0.15, -0.1) is 0 Å². The van der Waals surface area contributed by atoms with Crippen LogP contribution in [0.1, 0.15) is 5.56 Å².